The maximum Gasteiger partial charge on any atom is 0.253 e. The average molecular weight is 608 g/mol. The lowest BCUT2D eigenvalue weighted by Crippen LogP contribution is -2.51. The fraction of sp³-hybridized carbons (Fsp3) is 0.393. The molecule has 1 amide bonds. The fourth-order valence-corrected chi connectivity index (χ4v) is 4.99. The van der Waals surface area contributed by atoms with Crippen LogP contribution in [0.4, 0.5) is 16.0 Å². The van der Waals surface area contributed by atoms with E-state index in [9.17, 15) is 14.3 Å². The Labute approximate surface area is 248 Å². The first kappa shape index (κ1) is 30.7. The van der Waals surface area contributed by atoms with E-state index >= 15 is 0 Å². The number of aliphatic hydroxyl groups is 1. The number of amides is 1. The maximum absolute atomic E-state index is 14.5. The van der Waals surface area contributed by atoms with Gasteiger partial charge in [0.1, 0.15) is 28.9 Å². The molecule has 10 nitrogen and oxygen atoms in total. The van der Waals surface area contributed by atoms with Crippen molar-refractivity contribution in [2.24, 2.45) is 0 Å². The summed E-state index contributed by atoms with van der Waals surface area (Å²) in [6.45, 7) is 2.91. The normalized spacial score (nSPS) is 18.0. The lowest BCUT2D eigenvalue weighted by atomic mass is 10.0. The number of nitrogens with one attached hydrogen (secondary N) is 3. The first-order chi connectivity index (χ1) is 19.6. The number of hydrogen-bond donors (Lipinski definition) is 4. The number of carbonyl (C=O) groups is 1. The molecular weight excluding hydrogens is 574 g/mol. The van der Waals surface area contributed by atoms with Crippen LogP contribution in [0.5, 0.6) is 17.4 Å². The van der Waals surface area contributed by atoms with Gasteiger partial charge in [-0.1, -0.05) is 42.3 Å². The molecule has 4 N–H and O–H groups in total. The number of methoxy groups -OCH3 is 1. The topological polar surface area (TPSA) is 121 Å². The van der Waals surface area contributed by atoms with E-state index in [1.165, 1.54) is 25.4 Å². The number of alkyl halides is 1. The number of hydrogen-bond acceptors (Lipinski definition) is 9. The Bertz CT molecular complexity index is 1400. The number of anilines is 2. The van der Waals surface area contributed by atoms with E-state index in [0.29, 0.717) is 36.4 Å². The Morgan fingerprint density at radius 3 is 2.73 bits per heavy atom. The highest BCUT2D eigenvalue weighted by atomic mass is 35.5. The van der Waals surface area contributed by atoms with Gasteiger partial charge in [-0.3, -0.25) is 10.1 Å². The molecule has 2 aromatic carbocycles. The summed E-state index contributed by atoms with van der Waals surface area (Å²) >= 11 is 12.8. The van der Waals surface area contributed by atoms with Crippen molar-refractivity contribution in [3.63, 3.8) is 0 Å². The summed E-state index contributed by atoms with van der Waals surface area (Å²) in [5.41, 5.74) is 1.99. The highest BCUT2D eigenvalue weighted by Gasteiger charge is 2.30. The summed E-state index contributed by atoms with van der Waals surface area (Å²) in [6, 6.07) is 7.80. The lowest BCUT2D eigenvalue weighted by molar-refractivity contribution is 0.0821. The third-order valence-electron chi connectivity index (χ3n) is 6.84. The first-order valence-electron chi connectivity index (χ1n) is 13.1. The molecule has 1 saturated heterocycles. The zero-order chi connectivity index (χ0) is 29.7. The highest BCUT2D eigenvalue weighted by Crippen LogP contribution is 2.36. The maximum atomic E-state index is 14.5. The number of rotatable bonds is 10. The average Bonchev–Trinajstić information content (AvgIpc) is 2.95. The first-order valence-corrected chi connectivity index (χ1v) is 13.9. The van der Waals surface area contributed by atoms with Gasteiger partial charge >= 0.3 is 0 Å². The molecule has 1 aliphatic rings. The fourth-order valence-electron chi connectivity index (χ4n) is 4.61. The van der Waals surface area contributed by atoms with Gasteiger partial charge in [0, 0.05) is 18.7 Å². The largest absolute Gasteiger partial charge is 0.495 e. The van der Waals surface area contributed by atoms with Gasteiger partial charge < -0.3 is 30.1 Å². The molecular formula is C28H33Cl2FN6O4. The number of nitrogens with zero attached hydrogens (tertiary/aromatic N) is 3. The van der Waals surface area contributed by atoms with Crippen LogP contribution in [0.15, 0.2) is 36.5 Å². The van der Waals surface area contributed by atoms with Crippen molar-refractivity contribution in [1.29, 1.82) is 0 Å². The predicted molar refractivity (Wildman–Crippen MR) is 157 cm³/mol. The van der Waals surface area contributed by atoms with Crippen LogP contribution in [0.3, 0.4) is 0 Å². The summed E-state index contributed by atoms with van der Waals surface area (Å²) in [6.07, 6.45) is 0.399. The molecule has 1 unspecified atom stereocenters. The standard InChI is InChI=1S/C28H33Cl2FN6O4/c1-5-15-7-6-8-22(24(15)26(39)32-2)41-27-18(30)13-33-28(36-27)35-21-12-17(29)16(11-23(21)40-4)25(38)34-20-9-10-37(3)14-19(20)31/h6-8,11-13,19-20,26,32,39H,5,9-10,14H2,1-4H3,(H,34,38)(H,33,35,36)/t19-,20+,26?/m1/s1. The Morgan fingerprint density at radius 2 is 2.05 bits per heavy atom. The Morgan fingerprint density at radius 1 is 1.27 bits per heavy atom. The van der Waals surface area contributed by atoms with Crippen LogP contribution < -0.4 is 25.4 Å². The molecule has 41 heavy (non-hydrogen) atoms. The van der Waals surface area contributed by atoms with E-state index in [4.69, 9.17) is 32.7 Å². The third-order valence-corrected chi connectivity index (χ3v) is 7.42. The number of halogens is 3. The molecule has 220 valence electrons. The number of aryl methyl sites for hydroxylation is 1. The smallest absolute Gasteiger partial charge is 0.253 e. The number of likely N-dealkylation sites (tertiary alicyclic amines) is 1. The Balaban J connectivity index is 1.57. The quantitative estimate of drug-likeness (QED) is 0.239. The molecule has 4 rings (SSSR count). The summed E-state index contributed by atoms with van der Waals surface area (Å²) < 4.78 is 26.0. The molecule has 0 aliphatic carbocycles. The summed E-state index contributed by atoms with van der Waals surface area (Å²) in [4.78, 5) is 23.5. The van der Waals surface area contributed by atoms with E-state index in [2.05, 4.69) is 25.9 Å². The molecule has 13 heteroatoms. The second-order valence-electron chi connectivity index (χ2n) is 9.63. The second kappa shape index (κ2) is 13.6. The molecule has 0 radical (unpaired) electrons. The summed E-state index contributed by atoms with van der Waals surface area (Å²) in [5, 5.41) is 19.4. The van der Waals surface area contributed by atoms with E-state index in [0.717, 1.165) is 5.56 Å². The third kappa shape index (κ3) is 7.17. The van der Waals surface area contributed by atoms with Gasteiger partial charge in [-0.05, 0) is 50.7 Å². The molecule has 0 bridgehead atoms. The van der Waals surface area contributed by atoms with E-state index in [1.54, 1.807) is 13.1 Å². The van der Waals surface area contributed by atoms with Crippen molar-refractivity contribution >= 4 is 40.7 Å². The van der Waals surface area contributed by atoms with Crippen LogP contribution in [0, 0.1) is 0 Å². The molecule has 2 heterocycles. The van der Waals surface area contributed by atoms with Gasteiger partial charge in [-0.25, -0.2) is 9.37 Å². The van der Waals surface area contributed by atoms with Gasteiger partial charge in [0.05, 0.1) is 35.6 Å². The second-order valence-corrected chi connectivity index (χ2v) is 10.4. The minimum Gasteiger partial charge on any atom is -0.495 e. The minimum absolute atomic E-state index is 0.0573. The molecule has 3 aromatic rings. The van der Waals surface area contributed by atoms with Crippen molar-refractivity contribution in [3.05, 3.63) is 63.3 Å². The summed E-state index contributed by atoms with van der Waals surface area (Å²) in [7, 11) is 4.92. The highest BCUT2D eigenvalue weighted by molar-refractivity contribution is 6.34. The number of aliphatic hydroxyl groups excluding tert-OH is 1. The van der Waals surface area contributed by atoms with Crippen LogP contribution in [0.2, 0.25) is 10.0 Å². The van der Waals surface area contributed by atoms with Crippen LogP contribution in [-0.4, -0.2) is 72.4 Å². The number of aromatic nitrogens is 2. The van der Waals surface area contributed by atoms with Crippen LogP contribution in [-0.2, 0) is 6.42 Å². The lowest BCUT2D eigenvalue weighted by Gasteiger charge is -2.32. The monoisotopic (exact) mass is 606 g/mol. The van der Waals surface area contributed by atoms with Crippen molar-refractivity contribution < 1.29 is 23.8 Å². The molecule has 0 spiro atoms. The van der Waals surface area contributed by atoms with Gasteiger partial charge in [0.15, 0.2) is 0 Å². The minimum atomic E-state index is -1.18. The Hall–Kier alpha value is -3.22. The van der Waals surface area contributed by atoms with Gasteiger partial charge in [-0.15, -0.1) is 0 Å². The van der Waals surface area contributed by atoms with Gasteiger partial charge in [0.25, 0.3) is 5.91 Å². The molecule has 3 atom stereocenters. The van der Waals surface area contributed by atoms with Crippen molar-refractivity contribution in [1.82, 2.24) is 25.5 Å². The van der Waals surface area contributed by atoms with Crippen molar-refractivity contribution in [2.45, 2.75) is 38.2 Å². The number of benzene rings is 2. The van der Waals surface area contributed by atoms with Crippen LogP contribution in [0.25, 0.3) is 0 Å². The van der Waals surface area contributed by atoms with E-state index in [-0.39, 0.29) is 39.7 Å². The molecule has 1 aliphatic heterocycles. The van der Waals surface area contributed by atoms with Gasteiger partial charge in [-0.2, -0.15) is 4.98 Å². The number of ether oxygens (including phenoxy) is 2. The van der Waals surface area contributed by atoms with Crippen molar-refractivity contribution in [2.75, 3.05) is 39.6 Å². The number of piperidine rings is 1. The van der Waals surface area contributed by atoms with Crippen molar-refractivity contribution in [3.8, 4) is 17.4 Å². The van der Waals surface area contributed by atoms with Crippen LogP contribution >= 0.6 is 23.2 Å². The molecule has 0 saturated carbocycles. The summed E-state index contributed by atoms with van der Waals surface area (Å²) in [5.74, 6) is 0.348. The van der Waals surface area contributed by atoms with E-state index < -0.39 is 24.3 Å². The van der Waals surface area contributed by atoms with Crippen LogP contribution in [0.1, 0.15) is 41.1 Å². The van der Waals surface area contributed by atoms with E-state index in [1.807, 2.05) is 31.0 Å². The Kier molecular flexibility index (Phi) is 10.2. The zero-order valence-corrected chi connectivity index (χ0v) is 24.7. The molecule has 1 fully saturated rings. The zero-order valence-electron chi connectivity index (χ0n) is 23.2. The number of carbonyl (C=O) groups excluding carboxylic acids is 1. The van der Waals surface area contributed by atoms with Gasteiger partial charge in [0.2, 0.25) is 11.8 Å². The predicted octanol–water partition coefficient (Wildman–Crippen LogP) is 4.87. The SMILES string of the molecule is CCc1cccc(Oc2nc(Nc3cc(Cl)c(C(=O)N[C@H]4CCN(C)C[C@H]4F)cc3OC)ncc2Cl)c1C(O)NC. The molecule has 1 aromatic heterocycles.